The molecule has 0 saturated carbocycles. The van der Waals surface area contributed by atoms with E-state index in [1.807, 2.05) is 44.2 Å². The van der Waals surface area contributed by atoms with Crippen LogP contribution in [0, 0.1) is 6.92 Å². The van der Waals surface area contributed by atoms with Gasteiger partial charge in [0, 0.05) is 0 Å². The van der Waals surface area contributed by atoms with Crippen molar-refractivity contribution in [2.24, 2.45) is 5.10 Å². The van der Waals surface area contributed by atoms with Crippen LogP contribution in [0.15, 0.2) is 64.6 Å². The molecule has 0 radical (unpaired) electrons. The van der Waals surface area contributed by atoms with E-state index >= 15 is 0 Å². The number of rotatable bonds is 5. The minimum Gasteiger partial charge on any atom is -0.200 e. The van der Waals surface area contributed by atoms with Crippen LogP contribution in [0.2, 0.25) is 0 Å². The Hall–Kier alpha value is -2.14. The molecule has 2 rings (SSSR count). The van der Waals surface area contributed by atoms with E-state index in [2.05, 4.69) is 9.93 Å². The first-order valence-electron chi connectivity index (χ1n) is 6.73. The minimum absolute atomic E-state index is 0.209. The molecule has 0 aliphatic carbocycles. The number of hydrogen-bond acceptors (Lipinski definition) is 3. The summed E-state index contributed by atoms with van der Waals surface area (Å²) in [5.74, 6) is 0. The van der Waals surface area contributed by atoms with Gasteiger partial charge in [0.15, 0.2) is 0 Å². The molecule has 0 fully saturated rings. The molecule has 2 aromatic rings. The van der Waals surface area contributed by atoms with Crippen molar-refractivity contribution < 1.29 is 8.42 Å². The second-order valence-electron chi connectivity index (χ2n) is 4.69. The van der Waals surface area contributed by atoms with Crippen molar-refractivity contribution in [2.75, 3.05) is 0 Å². The molecular weight excluding hydrogens is 284 g/mol. The highest BCUT2D eigenvalue weighted by atomic mass is 32.2. The normalized spacial score (nSPS) is 12.2. The number of sulfonamides is 1. The van der Waals surface area contributed by atoms with Crippen molar-refractivity contribution in [2.45, 2.75) is 25.2 Å². The Kier molecular flexibility index (Phi) is 4.75. The Balaban J connectivity index is 2.24. The first-order chi connectivity index (χ1) is 10.0. The summed E-state index contributed by atoms with van der Waals surface area (Å²) >= 11 is 0. The van der Waals surface area contributed by atoms with Gasteiger partial charge in [-0.1, -0.05) is 55.0 Å². The topological polar surface area (TPSA) is 58.5 Å². The molecule has 21 heavy (non-hydrogen) atoms. The van der Waals surface area contributed by atoms with E-state index in [9.17, 15) is 8.42 Å². The predicted octanol–water partition coefficient (Wildman–Crippen LogP) is 3.09. The molecule has 0 spiro atoms. The summed E-state index contributed by atoms with van der Waals surface area (Å²) in [6.07, 6.45) is 0.639. The SMILES string of the molecule is CC/C(=N\NS(=O)(=O)c1ccc(C)cc1)c1ccccc1. The van der Waals surface area contributed by atoms with Crippen molar-refractivity contribution in [3.8, 4) is 0 Å². The van der Waals surface area contributed by atoms with Gasteiger partial charge in [0.1, 0.15) is 0 Å². The average molecular weight is 302 g/mol. The van der Waals surface area contributed by atoms with Crippen molar-refractivity contribution in [1.82, 2.24) is 4.83 Å². The van der Waals surface area contributed by atoms with E-state index in [0.29, 0.717) is 12.1 Å². The molecule has 5 heteroatoms. The number of aryl methyl sites for hydroxylation is 1. The highest BCUT2D eigenvalue weighted by Gasteiger charge is 2.13. The summed E-state index contributed by atoms with van der Waals surface area (Å²) in [6.45, 7) is 3.85. The van der Waals surface area contributed by atoms with Crippen molar-refractivity contribution >= 4 is 15.7 Å². The van der Waals surface area contributed by atoms with Crippen LogP contribution in [0.5, 0.6) is 0 Å². The maximum Gasteiger partial charge on any atom is 0.276 e. The molecule has 4 nitrogen and oxygen atoms in total. The van der Waals surface area contributed by atoms with Gasteiger partial charge >= 0.3 is 0 Å². The highest BCUT2D eigenvalue weighted by Crippen LogP contribution is 2.10. The fourth-order valence-corrected chi connectivity index (χ4v) is 2.69. The van der Waals surface area contributed by atoms with E-state index < -0.39 is 10.0 Å². The number of nitrogens with one attached hydrogen (secondary N) is 1. The molecule has 0 heterocycles. The first-order valence-corrected chi connectivity index (χ1v) is 8.21. The van der Waals surface area contributed by atoms with Crippen LogP contribution in [-0.2, 0) is 10.0 Å². The van der Waals surface area contributed by atoms with Gasteiger partial charge in [-0.2, -0.15) is 18.4 Å². The van der Waals surface area contributed by atoms with E-state index in [1.165, 1.54) is 0 Å². The van der Waals surface area contributed by atoms with Crippen molar-refractivity contribution in [1.29, 1.82) is 0 Å². The van der Waals surface area contributed by atoms with E-state index in [4.69, 9.17) is 0 Å². The Morgan fingerprint density at radius 1 is 1.05 bits per heavy atom. The van der Waals surface area contributed by atoms with E-state index in [1.54, 1.807) is 24.3 Å². The second kappa shape index (κ2) is 6.54. The summed E-state index contributed by atoms with van der Waals surface area (Å²) in [4.78, 5) is 2.51. The zero-order valence-electron chi connectivity index (χ0n) is 12.1. The summed E-state index contributed by atoms with van der Waals surface area (Å²) in [7, 11) is -3.63. The van der Waals surface area contributed by atoms with Crippen LogP contribution in [0.3, 0.4) is 0 Å². The summed E-state index contributed by atoms with van der Waals surface area (Å²) in [5, 5.41) is 4.06. The fourth-order valence-electron chi connectivity index (χ4n) is 1.86. The van der Waals surface area contributed by atoms with Crippen LogP contribution >= 0.6 is 0 Å². The number of hydrogen-bond donors (Lipinski definition) is 1. The van der Waals surface area contributed by atoms with Gasteiger partial charge in [-0.25, -0.2) is 0 Å². The smallest absolute Gasteiger partial charge is 0.200 e. The molecule has 0 aromatic heterocycles. The molecule has 0 amide bonds. The van der Waals surface area contributed by atoms with Gasteiger partial charge in [0.05, 0.1) is 10.6 Å². The maximum atomic E-state index is 12.2. The third-order valence-electron chi connectivity index (χ3n) is 3.07. The predicted molar refractivity (Wildman–Crippen MR) is 84.8 cm³/mol. The summed E-state index contributed by atoms with van der Waals surface area (Å²) < 4.78 is 24.4. The standard InChI is InChI=1S/C16H18N2O2S/c1-3-16(14-7-5-4-6-8-14)17-18-21(19,20)15-11-9-13(2)10-12-15/h4-12,18H,3H2,1-2H3/b17-16+. The fraction of sp³-hybridized carbons (Fsp3) is 0.188. The lowest BCUT2D eigenvalue weighted by Crippen LogP contribution is -2.20. The van der Waals surface area contributed by atoms with Gasteiger partial charge in [0.2, 0.25) is 0 Å². The van der Waals surface area contributed by atoms with E-state index in [-0.39, 0.29) is 4.90 Å². The average Bonchev–Trinajstić information content (AvgIpc) is 2.49. The minimum atomic E-state index is -3.63. The Labute approximate surface area is 125 Å². The number of nitrogens with zero attached hydrogens (tertiary/aromatic N) is 1. The van der Waals surface area contributed by atoms with Crippen LogP contribution in [0.25, 0.3) is 0 Å². The van der Waals surface area contributed by atoms with Crippen LogP contribution in [-0.4, -0.2) is 14.1 Å². The van der Waals surface area contributed by atoms with Gasteiger partial charge in [-0.15, -0.1) is 0 Å². The van der Waals surface area contributed by atoms with Gasteiger partial charge in [-0.05, 0) is 31.0 Å². The lowest BCUT2D eigenvalue weighted by Gasteiger charge is -2.07. The summed E-state index contributed by atoms with van der Waals surface area (Å²) in [6, 6.07) is 16.2. The van der Waals surface area contributed by atoms with Gasteiger partial charge < -0.3 is 0 Å². The zero-order valence-corrected chi connectivity index (χ0v) is 12.9. The number of hydrazone groups is 1. The third kappa shape index (κ3) is 3.92. The van der Waals surface area contributed by atoms with Gasteiger partial charge in [0.25, 0.3) is 10.0 Å². The molecule has 0 unspecified atom stereocenters. The van der Waals surface area contributed by atoms with E-state index in [0.717, 1.165) is 11.1 Å². The molecular formula is C16H18N2O2S. The Bertz CT molecular complexity index is 721. The molecule has 0 aliphatic rings. The maximum absolute atomic E-state index is 12.2. The molecule has 1 N–H and O–H groups in total. The van der Waals surface area contributed by atoms with Gasteiger partial charge in [-0.3, -0.25) is 0 Å². The lowest BCUT2D eigenvalue weighted by atomic mass is 10.1. The summed E-state index contributed by atoms with van der Waals surface area (Å²) in [5.41, 5.74) is 2.62. The monoisotopic (exact) mass is 302 g/mol. The third-order valence-corrected chi connectivity index (χ3v) is 4.30. The molecule has 2 aromatic carbocycles. The largest absolute Gasteiger partial charge is 0.276 e. The number of benzene rings is 2. The molecule has 0 atom stereocenters. The van der Waals surface area contributed by atoms with Crippen molar-refractivity contribution in [3.63, 3.8) is 0 Å². The Morgan fingerprint density at radius 3 is 2.24 bits per heavy atom. The highest BCUT2D eigenvalue weighted by molar-refractivity contribution is 7.89. The van der Waals surface area contributed by atoms with Crippen LogP contribution in [0.4, 0.5) is 0 Å². The zero-order chi connectivity index (χ0) is 15.3. The molecule has 0 saturated heterocycles. The van der Waals surface area contributed by atoms with Crippen LogP contribution < -0.4 is 4.83 Å². The Morgan fingerprint density at radius 2 is 1.67 bits per heavy atom. The van der Waals surface area contributed by atoms with Crippen LogP contribution in [0.1, 0.15) is 24.5 Å². The quantitative estimate of drug-likeness (QED) is 0.681. The second-order valence-corrected chi connectivity index (χ2v) is 6.35. The van der Waals surface area contributed by atoms with Crippen molar-refractivity contribution in [3.05, 3.63) is 65.7 Å². The lowest BCUT2D eigenvalue weighted by molar-refractivity contribution is 0.584. The molecule has 0 aliphatic heterocycles. The molecule has 0 bridgehead atoms. The first kappa shape index (κ1) is 15.3. The molecule has 110 valence electrons.